The van der Waals surface area contributed by atoms with E-state index >= 15 is 0 Å². The molecule has 1 aliphatic rings. The Morgan fingerprint density at radius 2 is 1.68 bits per heavy atom. The lowest BCUT2D eigenvalue weighted by Crippen LogP contribution is -2.30. The van der Waals surface area contributed by atoms with Gasteiger partial charge in [0.05, 0.1) is 23.1 Å². The molecule has 2 aromatic rings. The third kappa shape index (κ3) is 5.89. The molecule has 1 atom stereocenters. The van der Waals surface area contributed by atoms with Gasteiger partial charge in [0.15, 0.2) is 0 Å². The molecule has 0 aliphatic heterocycles. The average molecular weight is 486 g/mol. The summed E-state index contributed by atoms with van der Waals surface area (Å²) < 4.78 is 83.0. The van der Waals surface area contributed by atoms with Gasteiger partial charge >= 0.3 is 18.4 Å². The molecule has 0 heterocycles. The van der Waals surface area contributed by atoms with Crippen LogP contribution in [0.1, 0.15) is 45.8 Å². The molecule has 0 aromatic heterocycles. The van der Waals surface area contributed by atoms with Gasteiger partial charge in [-0.2, -0.15) is 26.3 Å². The number of hydrogen-bond acceptors (Lipinski definition) is 4. The van der Waals surface area contributed by atoms with Crippen LogP contribution in [0, 0.1) is 0 Å². The zero-order valence-electron chi connectivity index (χ0n) is 17.7. The fourth-order valence-electron chi connectivity index (χ4n) is 3.76. The summed E-state index contributed by atoms with van der Waals surface area (Å²) in [6.07, 6.45) is -7.58. The van der Waals surface area contributed by atoms with E-state index in [1.807, 2.05) is 0 Å². The van der Waals surface area contributed by atoms with E-state index in [0.717, 1.165) is 17.2 Å². The SMILES string of the molecule is CN(C(=O)OCc1cc(C(F)(F)F)cc(C(F)(F)F)c1)C1CCc2cc(/C=C/C(=O)[O-])ccc21. The lowest BCUT2D eigenvalue weighted by Gasteiger charge is -2.25. The highest BCUT2D eigenvalue weighted by molar-refractivity contribution is 5.83. The van der Waals surface area contributed by atoms with Crippen molar-refractivity contribution in [2.24, 2.45) is 0 Å². The number of fused-ring (bicyclic) bond motifs is 1. The third-order valence-electron chi connectivity index (χ3n) is 5.39. The van der Waals surface area contributed by atoms with Gasteiger partial charge in [-0.1, -0.05) is 24.3 Å². The predicted octanol–water partition coefficient (Wildman–Crippen LogP) is 4.74. The number of benzene rings is 2. The second-order valence-electron chi connectivity index (χ2n) is 7.74. The molecule has 0 spiro atoms. The van der Waals surface area contributed by atoms with Crippen LogP contribution in [0.2, 0.25) is 0 Å². The van der Waals surface area contributed by atoms with E-state index in [2.05, 4.69) is 0 Å². The van der Waals surface area contributed by atoms with Gasteiger partial charge in [-0.3, -0.25) is 0 Å². The van der Waals surface area contributed by atoms with Gasteiger partial charge in [0, 0.05) is 7.05 Å². The van der Waals surface area contributed by atoms with Crippen LogP contribution in [-0.2, 0) is 34.9 Å². The van der Waals surface area contributed by atoms with Crippen molar-refractivity contribution in [1.29, 1.82) is 0 Å². The van der Waals surface area contributed by atoms with E-state index in [1.165, 1.54) is 18.0 Å². The Hall–Kier alpha value is -3.50. The van der Waals surface area contributed by atoms with E-state index in [4.69, 9.17) is 4.74 Å². The number of carbonyl (C=O) groups is 2. The summed E-state index contributed by atoms with van der Waals surface area (Å²) in [6, 6.07) is 5.72. The Labute approximate surface area is 190 Å². The molecule has 1 amide bonds. The molecule has 0 saturated carbocycles. The van der Waals surface area contributed by atoms with E-state index in [9.17, 15) is 41.0 Å². The standard InChI is InChI=1S/C23H19F6NO4/c1-30(19-6-4-15-8-13(2-5-18(15)19)3-7-20(31)32)21(33)34-12-14-9-16(22(24,25)26)11-17(10-14)23(27,28)29/h2-3,5,7-11,19H,4,6,12H2,1H3,(H,31,32)/p-1/b7-3+. The maximum absolute atomic E-state index is 13.0. The van der Waals surface area contributed by atoms with Crippen molar-refractivity contribution < 1.29 is 45.8 Å². The number of rotatable bonds is 5. The summed E-state index contributed by atoms with van der Waals surface area (Å²) >= 11 is 0. The van der Waals surface area contributed by atoms with Gasteiger partial charge in [-0.15, -0.1) is 0 Å². The van der Waals surface area contributed by atoms with Gasteiger partial charge < -0.3 is 19.5 Å². The van der Waals surface area contributed by atoms with Crippen molar-refractivity contribution in [3.8, 4) is 0 Å². The first-order chi connectivity index (χ1) is 15.8. The number of amides is 1. The van der Waals surface area contributed by atoms with E-state index in [-0.39, 0.29) is 6.07 Å². The van der Waals surface area contributed by atoms with Gasteiger partial charge in [0.2, 0.25) is 0 Å². The molecule has 0 radical (unpaired) electrons. The van der Waals surface area contributed by atoms with E-state index in [1.54, 1.807) is 18.2 Å². The van der Waals surface area contributed by atoms with Crippen LogP contribution in [-0.4, -0.2) is 24.0 Å². The van der Waals surface area contributed by atoms with Crippen LogP contribution in [0.5, 0.6) is 0 Å². The highest BCUT2D eigenvalue weighted by atomic mass is 19.4. The second-order valence-corrected chi connectivity index (χ2v) is 7.74. The first-order valence-electron chi connectivity index (χ1n) is 9.95. The molecule has 0 N–H and O–H groups in total. The number of carboxylic acids is 1. The largest absolute Gasteiger partial charge is 0.545 e. The number of aryl methyl sites for hydroxylation is 1. The zero-order chi connectivity index (χ0) is 25.3. The maximum Gasteiger partial charge on any atom is 0.416 e. The monoisotopic (exact) mass is 486 g/mol. The average Bonchev–Trinajstić information content (AvgIpc) is 3.17. The molecule has 11 heteroatoms. The molecule has 0 fully saturated rings. The number of halogens is 6. The Bertz CT molecular complexity index is 1090. The quantitative estimate of drug-likeness (QED) is 0.452. The Kier molecular flexibility index (Phi) is 6.94. The molecule has 1 aliphatic carbocycles. The number of hydrogen-bond donors (Lipinski definition) is 0. The molecule has 5 nitrogen and oxygen atoms in total. The highest BCUT2D eigenvalue weighted by Crippen LogP contribution is 2.38. The summed E-state index contributed by atoms with van der Waals surface area (Å²) in [6.45, 7) is -0.775. The summed E-state index contributed by atoms with van der Waals surface area (Å²) in [5.74, 6) is -1.34. The van der Waals surface area contributed by atoms with E-state index in [0.29, 0.717) is 30.5 Å². The molecule has 2 aromatic carbocycles. The first-order valence-corrected chi connectivity index (χ1v) is 9.95. The summed E-state index contributed by atoms with van der Waals surface area (Å²) in [4.78, 5) is 24.3. The minimum atomic E-state index is -5.00. The van der Waals surface area contributed by atoms with Crippen molar-refractivity contribution >= 4 is 18.1 Å². The van der Waals surface area contributed by atoms with Gasteiger partial charge in [0.1, 0.15) is 6.61 Å². The highest BCUT2D eigenvalue weighted by Gasteiger charge is 2.37. The molecule has 0 saturated heterocycles. The molecular formula is C23H18F6NO4-. The lowest BCUT2D eigenvalue weighted by molar-refractivity contribution is -0.297. The summed E-state index contributed by atoms with van der Waals surface area (Å²) in [5.41, 5.74) is -1.15. The van der Waals surface area contributed by atoms with Crippen LogP contribution in [0.4, 0.5) is 31.1 Å². The molecule has 0 bridgehead atoms. The number of carboxylic acid groups (broad SMARTS) is 1. The van der Waals surface area contributed by atoms with Gasteiger partial charge in [-0.25, -0.2) is 4.79 Å². The van der Waals surface area contributed by atoms with Crippen LogP contribution in [0.25, 0.3) is 6.08 Å². The molecule has 3 rings (SSSR count). The number of ether oxygens (including phenoxy) is 1. The third-order valence-corrected chi connectivity index (χ3v) is 5.39. The predicted molar refractivity (Wildman–Crippen MR) is 106 cm³/mol. The van der Waals surface area contributed by atoms with Crippen molar-refractivity contribution in [2.75, 3.05) is 7.05 Å². The maximum atomic E-state index is 13.0. The number of aliphatic carboxylic acids is 1. The number of nitrogens with zero attached hydrogens (tertiary/aromatic N) is 1. The van der Waals surface area contributed by atoms with Crippen LogP contribution in [0.15, 0.2) is 42.5 Å². The number of alkyl halides is 6. The lowest BCUT2D eigenvalue weighted by atomic mass is 10.0. The second kappa shape index (κ2) is 9.40. The van der Waals surface area contributed by atoms with Crippen molar-refractivity contribution in [1.82, 2.24) is 4.90 Å². The van der Waals surface area contributed by atoms with Crippen molar-refractivity contribution in [3.63, 3.8) is 0 Å². The summed E-state index contributed by atoms with van der Waals surface area (Å²) in [5, 5.41) is 10.6. The molecular weight excluding hydrogens is 468 g/mol. The van der Waals surface area contributed by atoms with Gasteiger partial charge in [0.25, 0.3) is 0 Å². The summed E-state index contributed by atoms with van der Waals surface area (Å²) in [7, 11) is 1.42. The van der Waals surface area contributed by atoms with Crippen LogP contribution >= 0.6 is 0 Å². The fraction of sp³-hybridized carbons (Fsp3) is 0.304. The molecule has 182 valence electrons. The van der Waals surface area contributed by atoms with Crippen LogP contribution < -0.4 is 5.11 Å². The smallest absolute Gasteiger partial charge is 0.416 e. The van der Waals surface area contributed by atoms with Crippen molar-refractivity contribution in [2.45, 2.75) is 37.8 Å². The zero-order valence-corrected chi connectivity index (χ0v) is 17.7. The Balaban J connectivity index is 1.73. The minimum Gasteiger partial charge on any atom is -0.545 e. The minimum absolute atomic E-state index is 0.00330. The number of carbonyl (C=O) groups excluding carboxylic acids is 2. The van der Waals surface area contributed by atoms with Crippen LogP contribution in [0.3, 0.4) is 0 Å². The normalized spacial score (nSPS) is 15.9. The molecule has 34 heavy (non-hydrogen) atoms. The topological polar surface area (TPSA) is 69.7 Å². The molecule has 1 unspecified atom stereocenters. The first kappa shape index (κ1) is 25.1. The van der Waals surface area contributed by atoms with Gasteiger partial charge in [-0.05, 0) is 59.4 Å². The fourth-order valence-corrected chi connectivity index (χ4v) is 3.76. The van der Waals surface area contributed by atoms with E-state index < -0.39 is 53.8 Å². The van der Waals surface area contributed by atoms with Crippen molar-refractivity contribution in [3.05, 3.63) is 75.9 Å². The Morgan fingerprint density at radius 3 is 2.24 bits per heavy atom. The Morgan fingerprint density at radius 1 is 1.06 bits per heavy atom.